The first-order chi connectivity index (χ1) is 17.3. The van der Waals surface area contributed by atoms with Crippen molar-refractivity contribution in [2.75, 3.05) is 6.61 Å². The zero-order valence-electron chi connectivity index (χ0n) is 19.6. The second-order valence-electron chi connectivity index (χ2n) is 7.84. The number of nitrogens with one attached hydrogen (secondary N) is 1. The molecule has 0 aromatic heterocycles. The number of aryl methyl sites for hydroxylation is 1. The predicted octanol–water partition coefficient (Wildman–Crippen LogP) is 5.84. The van der Waals surface area contributed by atoms with Gasteiger partial charge in [0.05, 0.1) is 17.3 Å². The molecular formula is C27H23BrN2O5S. The minimum absolute atomic E-state index is 0.0226. The van der Waals surface area contributed by atoms with E-state index in [-0.39, 0.29) is 28.9 Å². The van der Waals surface area contributed by atoms with Crippen LogP contribution in [0.15, 0.2) is 93.3 Å². The van der Waals surface area contributed by atoms with Crippen LogP contribution in [-0.2, 0) is 10.1 Å². The first kappa shape index (κ1) is 25.4. The highest BCUT2D eigenvalue weighted by Crippen LogP contribution is 2.38. The van der Waals surface area contributed by atoms with Crippen molar-refractivity contribution in [3.05, 3.63) is 100 Å². The van der Waals surface area contributed by atoms with Crippen molar-refractivity contribution in [2.45, 2.75) is 18.7 Å². The zero-order valence-corrected chi connectivity index (χ0v) is 22.0. The summed E-state index contributed by atoms with van der Waals surface area (Å²) in [7, 11) is -4.08. The number of carbonyl (C=O) groups is 1. The zero-order chi connectivity index (χ0) is 25.7. The van der Waals surface area contributed by atoms with Gasteiger partial charge in [-0.2, -0.15) is 13.5 Å². The first-order valence-electron chi connectivity index (χ1n) is 11.1. The molecule has 1 amide bonds. The Morgan fingerprint density at radius 3 is 2.50 bits per heavy atom. The highest BCUT2D eigenvalue weighted by molar-refractivity contribution is 9.10. The Labute approximate surface area is 218 Å². The summed E-state index contributed by atoms with van der Waals surface area (Å²) in [5.74, 6) is -0.116. The lowest BCUT2D eigenvalue weighted by Gasteiger charge is -2.14. The van der Waals surface area contributed by atoms with E-state index in [4.69, 9.17) is 8.92 Å². The average Bonchev–Trinajstić information content (AvgIpc) is 2.86. The molecule has 7 nitrogen and oxygen atoms in total. The van der Waals surface area contributed by atoms with Crippen LogP contribution in [0, 0.1) is 6.92 Å². The summed E-state index contributed by atoms with van der Waals surface area (Å²) in [6, 6.07) is 22.6. The molecule has 4 rings (SSSR count). The molecule has 36 heavy (non-hydrogen) atoms. The van der Waals surface area contributed by atoms with Crippen molar-refractivity contribution in [2.24, 2.45) is 5.10 Å². The van der Waals surface area contributed by atoms with Gasteiger partial charge < -0.3 is 8.92 Å². The van der Waals surface area contributed by atoms with Crippen LogP contribution in [0.2, 0.25) is 0 Å². The summed E-state index contributed by atoms with van der Waals surface area (Å²) in [5, 5.41) is 5.85. The number of halogens is 1. The number of nitrogens with zero attached hydrogens (tertiary/aromatic N) is 1. The third-order valence-electron chi connectivity index (χ3n) is 5.25. The third kappa shape index (κ3) is 5.75. The normalized spacial score (nSPS) is 11.5. The Morgan fingerprint density at radius 2 is 1.75 bits per heavy atom. The molecule has 9 heteroatoms. The van der Waals surface area contributed by atoms with Crippen molar-refractivity contribution in [1.82, 2.24) is 5.43 Å². The smallest absolute Gasteiger partial charge is 0.339 e. The maximum atomic E-state index is 12.8. The molecule has 0 atom stereocenters. The van der Waals surface area contributed by atoms with Gasteiger partial charge in [-0.3, -0.25) is 4.79 Å². The van der Waals surface area contributed by atoms with Gasteiger partial charge in [-0.1, -0.05) is 54.1 Å². The molecule has 1 N–H and O–H groups in total. The number of ether oxygens (including phenoxy) is 1. The monoisotopic (exact) mass is 566 g/mol. The molecule has 0 saturated carbocycles. The molecule has 4 aromatic carbocycles. The van der Waals surface area contributed by atoms with Crippen LogP contribution in [-0.4, -0.2) is 27.1 Å². The van der Waals surface area contributed by atoms with Crippen LogP contribution in [0.4, 0.5) is 0 Å². The third-order valence-corrected chi connectivity index (χ3v) is 7.07. The molecular weight excluding hydrogens is 544 g/mol. The van der Waals surface area contributed by atoms with Gasteiger partial charge in [0.2, 0.25) is 0 Å². The summed E-state index contributed by atoms with van der Waals surface area (Å²) in [6.07, 6.45) is 1.44. The van der Waals surface area contributed by atoms with E-state index < -0.39 is 10.1 Å². The molecule has 4 aromatic rings. The summed E-state index contributed by atoms with van der Waals surface area (Å²) in [5.41, 5.74) is 4.53. The predicted molar refractivity (Wildman–Crippen MR) is 143 cm³/mol. The molecule has 0 aliphatic carbocycles. The minimum Gasteiger partial charge on any atom is -0.490 e. The fraction of sp³-hybridized carbons (Fsp3) is 0.111. The second-order valence-corrected chi connectivity index (χ2v) is 10.2. The Hall–Kier alpha value is -3.69. The topological polar surface area (TPSA) is 94.1 Å². The Bertz CT molecular complexity index is 1550. The van der Waals surface area contributed by atoms with E-state index in [1.807, 2.05) is 43.3 Å². The fourth-order valence-electron chi connectivity index (χ4n) is 3.52. The number of hydrogen-bond acceptors (Lipinski definition) is 6. The van der Waals surface area contributed by atoms with Crippen LogP contribution >= 0.6 is 15.9 Å². The van der Waals surface area contributed by atoms with Crippen molar-refractivity contribution in [1.29, 1.82) is 0 Å². The largest absolute Gasteiger partial charge is 0.490 e. The van der Waals surface area contributed by atoms with Crippen LogP contribution < -0.4 is 14.3 Å². The minimum atomic E-state index is -4.08. The molecule has 184 valence electrons. The lowest BCUT2D eigenvalue weighted by Crippen LogP contribution is -2.18. The van der Waals surface area contributed by atoms with Crippen molar-refractivity contribution in [3.8, 4) is 11.5 Å². The molecule has 0 heterocycles. The number of fused-ring (bicyclic) bond motifs is 1. The van der Waals surface area contributed by atoms with Crippen molar-refractivity contribution >= 4 is 48.9 Å². The first-order valence-corrected chi connectivity index (χ1v) is 13.3. The molecule has 0 aliphatic rings. The van der Waals surface area contributed by atoms with E-state index in [1.165, 1.54) is 18.3 Å². The molecule has 0 radical (unpaired) electrons. The van der Waals surface area contributed by atoms with Crippen LogP contribution in [0.5, 0.6) is 11.5 Å². The maximum absolute atomic E-state index is 12.8. The number of benzene rings is 4. The van der Waals surface area contributed by atoms with Crippen LogP contribution in [0.3, 0.4) is 0 Å². The highest BCUT2D eigenvalue weighted by Gasteiger charge is 2.22. The van der Waals surface area contributed by atoms with E-state index in [0.29, 0.717) is 15.6 Å². The lowest BCUT2D eigenvalue weighted by molar-refractivity contribution is 0.0956. The van der Waals surface area contributed by atoms with Crippen molar-refractivity contribution < 1.29 is 22.1 Å². The number of rotatable bonds is 8. The quantitative estimate of drug-likeness (QED) is 0.164. The van der Waals surface area contributed by atoms with E-state index in [0.717, 1.165) is 16.3 Å². The Morgan fingerprint density at radius 1 is 1.03 bits per heavy atom. The van der Waals surface area contributed by atoms with Gasteiger partial charge in [0.1, 0.15) is 4.90 Å². The number of hydrazone groups is 1. The van der Waals surface area contributed by atoms with Gasteiger partial charge in [-0.25, -0.2) is 5.43 Å². The summed E-state index contributed by atoms with van der Waals surface area (Å²) in [4.78, 5) is 12.7. The Balaban J connectivity index is 1.56. The molecule has 0 saturated heterocycles. The number of carbonyl (C=O) groups excluding carboxylic acids is 1. The number of amides is 1. The van der Waals surface area contributed by atoms with Crippen LogP contribution in [0.1, 0.15) is 28.4 Å². The van der Waals surface area contributed by atoms with E-state index in [1.54, 1.807) is 37.3 Å². The molecule has 0 fully saturated rings. The van der Waals surface area contributed by atoms with Gasteiger partial charge in [0.15, 0.2) is 11.5 Å². The molecule has 0 aliphatic heterocycles. The molecule has 0 bridgehead atoms. The van der Waals surface area contributed by atoms with E-state index in [2.05, 4.69) is 26.5 Å². The SMILES string of the molecule is CCOc1cc(/C=N\NC(=O)c2cccc3ccccc23)cc(Br)c1OS(=O)(=O)c1ccc(C)cc1. The maximum Gasteiger partial charge on any atom is 0.339 e. The van der Waals surface area contributed by atoms with E-state index in [9.17, 15) is 13.2 Å². The van der Waals surface area contributed by atoms with Gasteiger partial charge in [-0.05, 0) is 76.4 Å². The fourth-order valence-corrected chi connectivity index (χ4v) is 5.12. The van der Waals surface area contributed by atoms with Gasteiger partial charge in [0, 0.05) is 5.56 Å². The van der Waals surface area contributed by atoms with E-state index >= 15 is 0 Å². The lowest BCUT2D eigenvalue weighted by atomic mass is 10.0. The second kappa shape index (κ2) is 10.9. The van der Waals surface area contributed by atoms with Crippen molar-refractivity contribution in [3.63, 3.8) is 0 Å². The Kier molecular flexibility index (Phi) is 7.71. The summed E-state index contributed by atoms with van der Waals surface area (Å²) >= 11 is 3.37. The van der Waals surface area contributed by atoms with Gasteiger partial charge in [-0.15, -0.1) is 0 Å². The average molecular weight is 567 g/mol. The van der Waals surface area contributed by atoms with Gasteiger partial charge >= 0.3 is 10.1 Å². The highest BCUT2D eigenvalue weighted by atomic mass is 79.9. The molecule has 0 unspecified atom stereocenters. The number of hydrogen-bond donors (Lipinski definition) is 1. The van der Waals surface area contributed by atoms with Gasteiger partial charge in [0.25, 0.3) is 5.91 Å². The summed E-state index contributed by atoms with van der Waals surface area (Å²) in [6.45, 7) is 3.93. The standard InChI is InChI=1S/C27H23BrN2O5S/c1-3-34-25-16-19(15-24(28)26(25)35-36(32,33)21-13-11-18(2)12-14-21)17-29-30-27(31)23-10-6-8-20-7-4-5-9-22(20)23/h4-17H,3H2,1-2H3,(H,30,31)/b29-17-. The molecule has 0 spiro atoms. The van der Waals surface area contributed by atoms with Crippen LogP contribution in [0.25, 0.3) is 10.8 Å². The summed E-state index contributed by atoms with van der Waals surface area (Å²) < 4.78 is 37.0.